The predicted molar refractivity (Wildman–Crippen MR) is 77.9 cm³/mol. The number of carbonyl (C=O) groups is 1. The molecule has 0 bridgehead atoms. The van der Waals surface area contributed by atoms with Crippen LogP contribution in [-0.4, -0.2) is 31.5 Å². The first kappa shape index (κ1) is 12.8. The maximum Gasteiger partial charge on any atom is 0.181 e. The summed E-state index contributed by atoms with van der Waals surface area (Å²) in [6, 6.07) is 7.60. The second-order valence-electron chi connectivity index (χ2n) is 4.31. The molecule has 0 aliphatic heterocycles. The Bertz CT molecular complexity index is 768. The lowest BCUT2D eigenvalue weighted by atomic mass is 10.1. The van der Waals surface area contributed by atoms with Crippen molar-refractivity contribution < 1.29 is 4.79 Å². The van der Waals surface area contributed by atoms with Gasteiger partial charge in [-0.25, -0.2) is 15.0 Å². The number of benzene rings is 1. The van der Waals surface area contributed by atoms with E-state index in [1.807, 2.05) is 31.2 Å². The molecule has 0 aliphatic carbocycles. The van der Waals surface area contributed by atoms with Crippen molar-refractivity contribution in [3.8, 4) is 0 Å². The van der Waals surface area contributed by atoms with Crippen LogP contribution in [0, 0.1) is 6.92 Å². The summed E-state index contributed by atoms with van der Waals surface area (Å²) >= 11 is 1.39. The topological polar surface area (TPSA) is 71.5 Å². The normalized spacial score (nSPS) is 10.8. The summed E-state index contributed by atoms with van der Waals surface area (Å²) in [6.45, 7) is 1.94. The molecule has 0 amide bonds. The van der Waals surface area contributed by atoms with Gasteiger partial charge in [-0.3, -0.25) is 4.79 Å². The number of nitrogens with one attached hydrogen (secondary N) is 1. The summed E-state index contributed by atoms with van der Waals surface area (Å²) in [5.41, 5.74) is 3.14. The number of imidazole rings is 1. The number of aromatic nitrogens is 4. The molecule has 20 heavy (non-hydrogen) atoms. The third kappa shape index (κ3) is 2.42. The van der Waals surface area contributed by atoms with Crippen LogP contribution in [0.1, 0.15) is 15.9 Å². The first-order valence-electron chi connectivity index (χ1n) is 6.11. The highest BCUT2D eigenvalue weighted by atomic mass is 32.2. The van der Waals surface area contributed by atoms with Gasteiger partial charge in [-0.2, -0.15) is 0 Å². The number of ketones is 1. The van der Waals surface area contributed by atoms with Crippen molar-refractivity contribution in [2.75, 3.05) is 5.75 Å². The molecule has 1 aromatic carbocycles. The molecule has 0 saturated heterocycles. The zero-order valence-corrected chi connectivity index (χ0v) is 11.6. The van der Waals surface area contributed by atoms with Gasteiger partial charge in [0.2, 0.25) is 0 Å². The molecule has 3 rings (SSSR count). The minimum absolute atomic E-state index is 0.0966. The number of aryl methyl sites for hydroxylation is 1. The molecular formula is C14H12N4OS. The van der Waals surface area contributed by atoms with Crippen molar-refractivity contribution in [2.24, 2.45) is 0 Å². The van der Waals surface area contributed by atoms with Crippen LogP contribution in [0.3, 0.4) is 0 Å². The summed E-state index contributed by atoms with van der Waals surface area (Å²) in [4.78, 5) is 27.5. The number of nitrogens with zero attached hydrogens (tertiary/aromatic N) is 3. The quantitative estimate of drug-likeness (QED) is 0.453. The van der Waals surface area contributed by atoms with Gasteiger partial charge >= 0.3 is 0 Å². The molecule has 2 aromatic heterocycles. The Morgan fingerprint density at radius 1 is 1.25 bits per heavy atom. The second-order valence-corrected chi connectivity index (χ2v) is 5.27. The highest BCUT2D eigenvalue weighted by Crippen LogP contribution is 2.23. The lowest BCUT2D eigenvalue weighted by molar-refractivity contribution is 0.102. The molecular weight excluding hydrogens is 272 g/mol. The number of hydrogen-bond acceptors (Lipinski definition) is 5. The van der Waals surface area contributed by atoms with Crippen LogP contribution in [0.15, 0.2) is 41.9 Å². The van der Waals surface area contributed by atoms with E-state index in [1.165, 1.54) is 18.1 Å². The Hall–Kier alpha value is -2.21. The summed E-state index contributed by atoms with van der Waals surface area (Å²) in [6.07, 6.45) is 3.04. The van der Waals surface area contributed by atoms with Gasteiger partial charge in [0.15, 0.2) is 11.4 Å². The standard InChI is InChI=1S/C14H12N4OS/c1-9-4-2-3-5-10(9)11(19)6-20-14-12-13(16-7-15-12)17-8-18-14/h2-5,7-8H,6H2,1H3,(H,15,16,17,18). The fourth-order valence-electron chi connectivity index (χ4n) is 1.95. The summed E-state index contributed by atoms with van der Waals surface area (Å²) < 4.78 is 0. The molecule has 1 N–H and O–H groups in total. The highest BCUT2D eigenvalue weighted by Gasteiger charge is 2.12. The highest BCUT2D eigenvalue weighted by molar-refractivity contribution is 8.00. The molecule has 0 radical (unpaired) electrons. The Balaban J connectivity index is 1.78. The van der Waals surface area contributed by atoms with E-state index in [0.717, 1.165) is 21.7 Å². The third-order valence-electron chi connectivity index (χ3n) is 2.97. The number of aromatic amines is 1. The second kappa shape index (κ2) is 5.42. The number of Topliss-reactive ketones (excluding diaryl/α,β-unsaturated/α-hetero) is 1. The Morgan fingerprint density at radius 2 is 2.10 bits per heavy atom. The minimum atomic E-state index is 0.0966. The van der Waals surface area contributed by atoms with Gasteiger partial charge < -0.3 is 4.98 Å². The average molecular weight is 284 g/mol. The zero-order chi connectivity index (χ0) is 13.9. The Morgan fingerprint density at radius 3 is 2.95 bits per heavy atom. The smallest absolute Gasteiger partial charge is 0.181 e. The summed E-state index contributed by atoms with van der Waals surface area (Å²) in [5.74, 6) is 0.440. The fourth-order valence-corrected chi connectivity index (χ4v) is 2.79. The van der Waals surface area contributed by atoms with Crippen LogP contribution in [0.25, 0.3) is 11.2 Å². The maximum atomic E-state index is 12.2. The average Bonchev–Trinajstić information content (AvgIpc) is 2.94. The van der Waals surface area contributed by atoms with Crippen LogP contribution < -0.4 is 0 Å². The lowest BCUT2D eigenvalue weighted by Crippen LogP contribution is -2.04. The van der Waals surface area contributed by atoms with E-state index in [-0.39, 0.29) is 5.78 Å². The van der Waals surface area contributed by atoms with E-state index in [2.05, 4.69) is 19.9 Å². The first-order chi connectivity index (χ1) is 9.75. The van der Waals surface area contributed by atoms with E-state index in [9.17, 15) is 4.79 Å². The van der Waals surface area contributed by atoms with Crippen molar-refractivity contribution >= 4 is 28.7 Å². The first-order valence-corrected chi connectivity index (χ1v) is 7.10. The predicted octanol–water partition coefficient (Wildman–Crippen LogP) is 2.64. The van der Waals surface area contributed by atoms with Gasteiger partial charge in [-0.1, -0.05) is 36.0 Å². The van der Waals surface area contributed by atoms with E-state index < -0.39 is 0 Å². The molecule has 0 aliphatic rings. The molecule has 0 spiro atoms. The van der Waals surface area contributed by atoms with Crippen LogP contribution in [-0.2, 0) is 0 Å². The third-order valence-corrected chi connectivity index (χ3v) is 3.96. The van der Waals surface area contributed by atoms with Gasteiger partial charge in [0.05, 0.1) is 12.1 Å². The Kier molecular flexibility index (Phi) is 3.47. The SMILES string of the molecule is Cc1ccccc1C(=O)CSc1ncnc2nc[nH]c12. The number of thioether (sulfide) groups is 1. The molecule has 2 heterocycles. The van der Waals surface area contributed by atoms with Crippen molar-refractivity contribution in [3.05, 3.63) is 48.0 Å². The zero-order valence-electron chi connectivity index (χ0n) is 10.8. The molecule has 6 heteroatoms. The van der Waals surface area contributed by atoms with Crippen molar-refractivity contribution in [1.29, 1.82) is 0 Å². The summed E-state index contributed by atoms with van der Waals surface area (Å²) in [5, 5.41) is 0.745. The van der Waals surface area contributed by atoms with E-state index >= 15 is 0 Å². The van der Waals surface area contributed by atoms with Crippen LogP contribution in [0.2, 0.25) is 0 Å². The molecule has 5 nitrogen and oxygen atoms in total. The fraction of sp³-hybridized carbons (Fsp3) is 0.143. The van der Waals surface area contributed by atoms with Gasteiger partial charge in [-0.05, 0) is 12.5 Å². The van der Waals surface area contributed by atoms with Gasteiger partial charge in [-0.15, -0.1) is 0 Å². The van der Waals surface area contributed by atoms with Crippen LogP contribution in [0.4, 0.5) is 0 Å². The Labute approximate surface area is 119 Å². The molecule has 0 saturated carbocycles. The largest absolute Gasteiger partial charge is 0.341 e. The number of fused-ring (bicyclic) bond motifs is 1. The number of rotatable bonds is 4. The maximum absolute atomic E-state index is 12.2. The van der Waals surface area contributed by atoms with E-state index in [4.69, 9.17) is 0 Å². The molecule has 0 atom stereocenters. The minimum Gasteiger partial charge on any atom is -0.341 e. The lowest BCUT2D eigenvalue weighted by Gasteiger charge is -2.04. The molecule has 0 fully saturated rings. The molecule has 100 valence electrons. The molecule has 0 unspecified atom stereocenters. The summed E-state index contributed by atoms with van der Waals surface area (Å²) in [7, 11) is 0. The van der Waals surface area contributed by atoms with Crippen molar-refractivity contribution in [3.63, 3.8) is 0 Å². The van der Waals surface area contributed by atoms with E-state index in [0.29, 0.717) is 11.4 Å². The van der Waals surface area contributed by atoms with E-state index in [1.54, 1.807) is 6.33 Å². The van der Waals surface area contributed by atoms with Gasteiger partial charge in [0.25, 0.3) is 0 Å². The number of H-pyrrole nitrogens is 1. The van der Waals surface area contributed by atoms with Crippen molar-refractivity contribution in [1.82, 2.24) is 19.9 Å². The van der Waals surface area contributed by atoms with Gasteiger partial charge in [0, 0.05) is 5.56 Å². The number of hydrogen-bond donors (Lipinski definition) is 1. The molecule has 3 aromatic rings. The van der Waals surface area contributed by atoms with Gasteiger partial charge in [0.1, 0.15) is 16.9 Å². The van der Waals surface area contributed by atoms with Crippen LogP contribution in [0.5, 0.6) is 0 Å². The number of carbonyl (C=O) groups excluding carboxylic acids is 1. The monoisotopic (exact) mass is 284 g/mol. The van der Waals surface area contributed by atoms with Crippen molar-refractivity contribution in [2.45, 2.75) is 11.9 Å². The van der Waals surface area contributed by atoms with Crippen LogP contribution >= 0.6 is 11.8 Å².